The van der Waals surface area contributed by atoms with Crippen LogP contribution in [-0.2, 0) is 16.1 Å². The smallest absolute Gasteiger partial charge is 0.460 e. The number of nitrogens with zero attached hydrogens (tertiary/aromatic N) is 1. The van der Waals surface area contributed by atoms with Gasteiger partial charge in [-0.2, -0.15) is 13.2 Å². The van der Waals surface area contributed by atoms with Crippen LogP contribution in [0.15, 0.2) is 48.8 Å². The molecule has 1 atom stereocenters. The van der Waals surface area contributed by atoms with E-state index in [0.29, 0.717) is 10.9 Å². The number of alkyl halides is 3. The SMILES string of the molecule is CCOC(=O)[C@](NC(=O)c1ccccc1Cl)([NH2+]Cc1cccnc1)C(F)(F)F. The highest BCUT2D eigenvalue weighted by atomic mass is 35.5. The van der Waals surface area contributed by atoms with E-state index in [0.717, 1.165) is 0 Å². The largest absolute Gasteiger partial charge is 0.478 e. The minimum Gasteiger partial charge on any atom is -0.460 e. The molecule has 0 saturated carbocycles. The highest BCUT2D eigenvalue weighted by molar-refractivity contribution is 6.33. The van der Waals surface area contributed by atoms with E-state index >= 15 is 0 Å². The number of nitrogens with two attached hydrogens (primary N) is 1. The summed E-state index contributed by atoms with van der Waals surface area (Å²) in [6, 6.07) is 8.67. The molecule has 0 aliphatic carbocycles. The van der Waals surface area contributed by atoms with E-state index in [9.17, 15) is 22.8 Å². The summed E-state index contributed by atoms with van der Waals surface area (Å²) in [5.74, 6) is -2.79. The summed E-state index contributed by atoms with van der Waals surface area (Å²) in [7, 11) is 0. The minimum atomic E-state index is -5.15. The Labute approximate surface area is 164 Å². The number of aromatic nitrogens is 1. The highest BCUT2D eigenvalue weighted by Gasteiger charge is 2.67. The van der Waals surface area contributed by atoms with Crippen molar-refractivity contribution in [3.63, 3.8) is 0 Å². The van der Waals surface area contributed by atoms with Gasteiger partial charge in [-0.15, -0.1) is 0 Å². The molecule has 2 rings (SSSR count). The van der Waals surface area contributed by atoms with Gasteiger partial charge in [-0.3, -0.25) is 15.1 Å². The maximum Gasteiger partial charge on any atom is 0.478 e. The number of hydrogen-bond acceptors (Lipinski definition) is 4. The second kappa shape index (κ2) is 9.03. The van der Waals surface area contributed by atoms with Gasteiger partial charge in [-0.05, 0) is 25.1 Å². The van der Waals surface area contributed by atoms with Crippen LogP contribution in [0.1, 0.15) is 22.8 Å². The van der Waals surface area contributed by atoms with Crippen LogP contribution in [0.4, 0.5) is 13.2 Å². The number of nitrogens with one attached hydrogen (secondary N) is 1. The molecule has 3 N–H and O–H groups in total. The van der Waals surface area contributed by atoms with Crippen molar-refractivity contribution in [1.29, 1.82) is 0 Å². The third-order valence-corrected chi connectivity index (χ3v) is 4.17. The molecule has 0 bridgehead atoms. The number of benzene rings is 1. The third-order valence-electron chi connectivity index (χ3n) is 3.84. The van der Waals surface area contributed by atoms with Gasteiger partial charge in [0.1, 0.15) is 6.54 Å². The minimum absolute atomic E-state index is 0.0489. The number of amides is 1. The van der Waals surface area contributed by atoms with Crippen LogP contribution in [0, 0.1) is 0 Å². The highest BCUT2D eigenvalue weighted by Crippen LogP contribution is 2.28. The zero-order valence-corrected chi connectivity index (χ0v) is 15.6. The molecule has 0 spiro atoms. The van der Waals surface area contributed by atoms with Crippen molar-refractivity contribution in [3.8, 4) is 0 Å². The monoisotopic (exact) mass is 416 g/mol. The van der Waals surface area contributed by atoms with E-state index in [1.54, 1.807) is 17.4 Å². The first-order valence-electron chi connectivity index (χ1n) is 8.25. The molecule has 0 fully saturated rings. The lowest BCUT2D eigenvalue weighted by Crippen LogP contribution is -3.06. The summed E-state index contributed by atoms with van der Waals surface area (Å²) in [6.07, 6.45) is -2.33. The first-order chi connectivity index (χ1) is 13.2. The maximum atomic E-state index is 14.0. The number of carbonyl (C=O) groups excluding carboxylic acids is 2. The molecule has 1 aromatic carbocycles. The molecule has 0 aliphatic rings. The zero-order valence-electron chi connectivity index (χ0n) is 14.8. The summed E-state index contributed by atoms with van der Waals surface area (Å²) in [4.78, 5) is 28.7. The topological polar surface area (TPSA) is 84.9 Å². The van der Waals surface area contributed by atoms with Crippen LogP contribution in [0.2, 0.25) is 5.02 Å². The van der Waals surface area contributed by atoms with Crippen molar-refractivity contribution in [2.45, 2.75) is 25.3 Å². The van der Waals surface area contributed by atoms with Crippen molar-refractivity contribution in [2.24, 2.45) is 0 Å². The Balaban J connectivity index is 2.42. The molecule has 0 saturated heterocycles. The summed E-state index contributed by atoms with van der Waals surface area (Å²) < 4.78 is 46.7. The maximum absolute atomic E-state index is 14.0. The van der Waals surface area contributed by atoms with E-state index in [1.807, 2.05) is 0 Å². The van der Waals surface area contributed by atoms with Crippen LogP contribution >= 0.6 is 11.6 Å². The molecular formula is C18H18ClF3N3O3+. The number of rotatable bonds is 7. The van der Waals surface area contributed by atoms with Gasteiger partial charge in [-0.1, -0.05) is 29.8 Å². The van der Waals surface area contributed by atoms with Crippen molar-refractivity contribution in [3.05, 3.63) is 64.9 Å². The van der Waals surface area contributed by atoms with Crippen LogP contribution < -0.4 is 10.6 Å². The van der Waals surface area contributed by atoms with Gasteiger partial charge in [0.2, 0.25) is 0 Å². The molecule has 0 radical (unpaired) electrons. The van der Waals surface area contributed by atoms with Gasteiger partial charge < -0.3 is 10.1 Å². The number of halogens is 4. The normalized spacial score (nSPS) is 13.5. The van der Waals surface area contributed by atoms with E-state index in [-0.39, 0.29) is 23.7 Å². The lowest BCUT2D eigenvalue weighted by molar-refractivity contribution is -0.757. The molecule has 10 heteroatoms. The molecule has 28 heavy (non-hydrogen) atoms. The number of pyridine rings is 1. The standard InChI is InChI=1S/C18H17ClF3N3O3/c1-2-28-16(27)17(18(20,21)22,24-11-12-6-5-9-23-10-12)25-15(26)13-7-3-4-8-14(13)19/h3-10,24H,2,11H2,1H3,(H,25,26)/p+1/t17-/m1/s1. The number of hydrogen-bond donors (Lipinski definition) is 2. The number of esters is 1. The average Bonchev–Trinajstić information content (AvgIpc) is 2.65. The molecule has 0 unspecified atom stereocenters. The predicted molar refractivity (Wildman–Crippen MR) is 94.2 cm³/mol. The van der Waals surface area contributed by atoms with Crippen LogP contribution in [-0.4, -0.2) is 35.3 Å². The van der Waals surface area contributed by atoms with Crippen LogP contribution in [0.5, 0.6) is 0 Å². The number of ether oxygens (including phenoxy) is 1. The molecule has 2 aromatic rings. The summed E-state index contributed by atoms with van der Waals surface area (Å²) in [5, 5.41) is 2.40. The molecule has 1 amide bonds. The first-order valence-corrected chi connectivity index (χ1v) is 8.63. The second-order valence-corrected chi connectivity index (χ2v) is 6.14. The Bertz CT molecular complexity index is 834. The summed E-state index contributed by atoms with van der Waals surface area (Å²) in [5.41, 5.74) is -3.13. The van der Waals surface area contributed by atoms with Crippen LogP contribution in [0.3, 0.4) is 0 Å². The molecule has 150 valence electrons. The van der Waals surface area contributed by atoms with Gasteiger partial charge in [0, 0.05) is 18.0 Å². The molecule has 0 aliphatic heterocycles. The molecule has 1 heterocycles. The quantitative estimate of drug-likeness (QED) is 0.534. The lowest BCUT2D eigenvalue weighted by atomic mass is 10.1. The third kappa shape index (κ3) is 4.79. The van der Waals surface area contributed by atoms with Crippen molar-refractivity contribution < 1.29 is 32.8 Å². The van der Waals surface area contributed by atoms with Gasteiger partial charge in [0.15, 0.2) is 0 Å². The Hall–Kier alpha value is -2.65. The second-order valence-electron chi connectivity index (χ2n) is 5.73. The average molecular weight is 417 g/mol. The van der Waals surface area contributed by atoms with Gasteiger partial charge in [0.05, 0.1) is 17.2 Å². The van der Waals surface area contributed by atoms with E-state index in [1.165, 1.54) is 43.6 Å². The van der Waals surface area contributed by atoms with Crippen molar-refractivity contribution in [2.75, 3.05) is 6.61 Å². The Kier molecular flexibility index (Phi) is 6.98. The van der Waals surface area contributed by atoms with Crippen molar-refractivity contribution >= 4 is 23.5 Å². The zero-order chi connectivity index (χ0) is 20.8. The first kappa shape index (κ1) is 21.6. The van der Waals surface area contributed by atoms with Gasteiger partial charge in [-0.25, -0.2) is 4.79 Å². The van der Waals surface area contributed by atoms with E-state index in [4.69, 9.17) is 11.6 Å². The summed E-state index contributed by atoms with van der Waals surface area (Å²) in [6.45, 7) is 0.796. The fraction of sp³-hybridized carbons (Fsp3) is 0.278. The van der Waals surface area contributed by atoms with Crippen LogP contribution in [0.25, 0.3) is 0 Å². The molecule has 6 nitrogen and oxygen atoms in total. The number of carbonyl (C=O) groups is 2. The Morgan fingerprint density at radius 2 is 1.93 bits per heavy atom. The van der Waals surface area contributed by atoms with Gasteiger partial charge >= 0.3 is 17.8 Å². The van der Waals surface area contributed by atoms with Crippen molar-refractivity contribution in [1.82, 2.24) is 10.3 Å². The van der Waals surface area contributed by atoms with Gasteiger partial charge in [0.25, 0.3) is 5.91 Å². The van der Waals surface area contributed by atoms with E-state index < -0.39 is 23.7 Å². The molecule has 1 aromatic heterocycles. The van der Waals surface area contributed by atoms with E-state index in [2.05, 4.69) is 9.72 Å². The Morgan fingerprint density at radius 3 is 2.50 bits per heavy atom. The summed E-state index contributed by atoms with van der Waals surface area (Å²) >= 11 is 5.90. The number of quaternary nitrogens is 1. The predicted octanol–water partition coefficient (Wildman–Crippen LogP) is 2.05. The Morgan fingerprint density at radius 1 is 1.21 bits per heavy atom. The lowest BCUT2D eigenvalue weighted by Gasteiger charge is -2.31. The fourth-order valence-corrected chi connectivity index (χ4v) is 2.64. The fourth-order valence-electron chi connectivity index (χ4n) is 2.41. The molecular weight excluding hydrogens is 399 g/mol.